The van der Waals surface area contributed by atoms with Crippen molar-refractivity contribution in [1.82, 2.24) is 10.2 Å². The lowest BCUT2D eigenvalue weighted by Crippen LogP contribution is -2.53. The largest absolute Gasteiger partial charge is 0.483 e. The molecule has 0 aliphatic rings. The topological polar surface area (TPSA) is 58.6 Å². The summed E-state index contributed by atoms with van der Waals surface area (Å²) in [5.41, 5.74) is 3.55. The van der Waals surface area contributed by atoms with Gasteiger partial charge in [-0.15, -0.1) is 0 Å². The van der Waals surface area contributed by atoms with Gasteiger partial charge in [0.2, 0.25) is 5.91 Å². The van der Waals surface area contributed by atoms with Crippen LogP contribution in [0.3, 0.4) is 0 Å². The molecular formula is C30H34Cl2N2O3. The molecule has 0 unspecified atom stereocenters. The number of hydrogen-bond donors (Lipinski definition) is 1. The number of carbonyl (C=O) groups is 2. The lowest BCUT2D eigenvalue weighted by atomic mass is 10.0. The fraction of sp³-hybridized carbons (Fsp3) is 0.333. The molecule has 37 heavy (non-hydrogen) atoms. The van der Waals surface area contributed by atoms with E-state index in [9.17, 15) is 9.59 Å². The highest BCUT2D eigenvalue weighted by molar-refractivity contribution is 6.36. The summed E-state index contributed by atoms with van der Waals surface area (Å²) in [5.74, 6) is 0.0614. The van der Waals surface area contributed by atoms with E-state index in [0.29, 0.717) is 27.8 Å². The molecule has 0 fully saturated rings. The molecule has 0 aromatic heterocycles. The monoisotopic (exact) mass is 540 g/mol. The highest BCUT2D eigenvalue weighted by Gasteiger charge is 2.32. The Bertz CT molecular complexity index is 1200. The van der Waals surface area contributed by atoms with E-state index in [1.54, 1.807) is 18.2 Å². The van der Waals surface area contributed by atoms with Crippen molar-refractivity contribution in [1.29, 1.82) is 0 Å². The van der Waals surface area contributed by atoms with Gasteiger partial charge in [0.15, 0.2) is 6.61 Å². The summed E-state index contributed by atoms with van der Waals surface area (Å²) in [5, 5.41) is 3.91. The van der Waals surface area contributed by atoms with E-state index in [2.05, 4.69) is 5.32 Å². The number of nitrogens with zero attached hydrogens (tertiary/aromatic N) is 1. The average Bonchev–Trinajstić information content (AvgIpc) is 2.88. The van der Waals surface area contributed by atoms with E-state index in [1.165, 1.54) is 4.90 Å². The van der Waals surface area contributed by atoms with Crippen molar-refractivity contribution in [3.8, 4) is 5.75 Å². The molecule has 0 heterocycles. The SMILES string of the molecule is CC[C@H](C)NC(=O)[C@H](Cc1ccccc1)N(Cc1c(Cl)cccc1Cl)C(=O)COc1cccc(C)c1C. The molecule has 1 N–H and O–H groups in total. The van der Waals surface area contributed by atoms with Crippen molar-refractivity contribution in [2.75, 3.05) is 6.61 Å². The van der Waals surface area contributed by atoms with Crippen LogP contribution in [-0.2, 0) is 22.6 Å². The normalized spacial score (nSPS) is 12.5. The molecular weight excluding hydrogens is 507 g/mol. The van der Waals surface area contributed by atoms with Crippen LogP contribution in [0.4, 0.5) is 0 Å². The number of aryl methyl sites for hydroxylation is 1. The average molecular weight is 542 g/mol. The predicted octanol–water partition coefficient (Wildman–Crippen LogP) is 6.54. The summed E-state index contributed by atoms with van der Waals surface area (Å²) in [6.45, 7) is 7.73. The minimum absolute atomic E-state index is 0.0437. The van der Waals surface area contributed by atoms with Crippen LogP contribution in [0.2, 0.25) is 10.0 Å². The second-order valence-electron chi connectivity index (χ2n) is 9.23. The van der Waals surface area contributed by atoms with E-state index in [0.717, 1.165) is 23.1 Å². The van der Waals surface area contributed by atoms with Gasteiger partial charge in [-0.05, 0) is 62.1 Å². The maximum absolute atomic E-state index is 13.8. The standard InChI is InChI=1S/C30H34Cl2N2O3/c1-5-21(3)33-30(36)27(17-23-12-7-6-8-13-23)34(18-24-25(31)14-10-15-26(24)32)29(35)19-37-28-16-9-11-20(2)22(28)4/h6-16,21,27H,5,17-19H2,1-4H3,(H,33,36)/t21-,27-/m0/s1. The van der Waals surface area contributed by atoms with Gasteiger partial charge in [-0.1, -0.05) is 78.7 Å². The third kappa shape index (κ3) is 7.73. The van der Waals surface area contributed by atoms with Crippen molar-refractivity contribution < 1.29 is 14.3 Å². The number of halogens is 2. The Hall–Kier alpha value is -3.02. The van der Waals surface area contributed by atoms with Gasteiger partial charge >= 0.3 is 0 Å². The van der Waals surface area contributed by atoms with Gasteiger partial charge < -0.3 is 15.0 Å². The van der Waals surface area contributed by atoms with Crippen LogP contribution >= 0.6 is 23.2 Å². The maximum Gasteiger partial charge on any atom is 0.261 e. The smallest absolute Gasteiger partial charge is 0.261 e. The fourth-order valence-corrected chi connectivity index (χ4v) is 4.47. The first kappa shape index (κ1) is 28.5. The fourth-order valence-electron chi connectivity index (χ4n) is 3.95. The minimum atomic E-state index is -0.793. The van der Waals surface area contributed by atoms with Gasteiger partial charge in [0, 0.05) is 34.6 Å². The summed E-state index contributed by atoms with van der Waals surface area (Å²) in [7, 11) is 0. The first-order chi connectivity index (χ1) is 17.7. The molecule has 3 rings (SSSR count). The summed E-state index contributed by atoms with van der Waals surface area (Å²) in [6, 6.07) is 19.7. The molecule has 0 bridgehead atoms. The Balaban J connectivity index is 1.98. The van der Waals surface area contributed by atoms with E-state index in [-0.39, 0.29) is 31.0 Å². The summed E-state index contributed by atoms with van der Waals surface area (Å²) in [6.07, 6.45) is 1.10. The van der Waals surface area contributed by atoms with Crippen molar-refractivity contribution in [2.45, 2.75) is 59.2 Å². The van der Waals surface area contributed by atoms with E-state index in [1.807, 2.05) is 76.2 Å². The molecule has 3 aromatic carbocycles. The Morgan fingerprint density at radius 1 is 0.946 bits per heavy atom. The number of carbonyl (C=O) groups excluding carboxylic acids is 2. The quantitative estimate of drug-likeness (QED) is 0.300. The Morgan fingerprint density at radius 3 is 2.24 bits per heavy atom. The number of nitrogens with one attached hydrogen (secondary N) is 1. The minimum Gasteiger partial charge on any atom is -0.483 e. The van der Waals surface area contributed by atoms with Crippen LogP contribution in [0.1, 0.15) is 42.5 Å². The lowest BCUT2D eigenvalue weighted by Gasteiger charge is -2.32. The number of benzene rings is 3. The van der Waals surface area contributed by atoms with Crippen LogP contribution in [0.15, 0.2) is 66.7 Å². The summed E-state index contributed by atoms with van der Waals surface area (Å²) >= 11 is 13.0. The van der Waals surface area contributed by atoms with E-state index in [4.69, 9.17) is 27.9 Å². The molecule has 0 saturated heterocycles. The molecule has 0 saturated carbocycles. The van der Waals surface area contributed by atoms with Gasteiger partial charge in [-0.25, -0.2) is 0 Å². The second kappa shape index (κ2) is 13.5. The third-order valence-electron chi connectivity index (χ3n) is 6.57. The number of rotatable bonds is 11. The molecule has 7 heteroatoms. The van der Waals surface area contributed by atoms with Gasteiger partial charge in [0.05, 0.1) is 0 Å². The van der Waals surface area contributed by atoms with Gasteiger partial charge in [-0.2, -0.15) is 0 Å². The van der Waals surface area contributed by atoms with E-state index < -0.39 is 6.04 Å². The second-order valence-corrected chi connectivity index (χ2v) is 10.0. The number of hydrogen-bond acceptors (Lipinski definition) is 3. The zero-order valence-corrected chi connectivity index (χ0v) is 23.3. The highest BCUT2D eigenvalue weighted by Crippen LogP contribution is 2.28. The Kier molecular flexibility index (Phi) is 10.4. The third-order valence-corrected chi connectivity index (χ3v) is 7.28. The lowest BCUT2D eigenvalue weighted by molar-refractivity contribution is -0.143. The molecule has 0 aliphatic carbocycles. The van der Waals surface area contributed by atoms with Crippen LogP contribution in [0.5, 0.6) is 5.75 Å². The zero-order chi connectivity index (χ0) is 26.9. The molecule has 0 radical (unpaired) electrons. The number of amides is 2. The highest BCUT2D eigenvalue weighted by atomic mass is 35.5. The molecule has 2 atom stereocenters. The molecule has 3 aromatic rings. The first-order valence-electron chi connectivity index (χ1n) is 12.5. The predicted molar refractivity (Wildman–Crippen MR) is 150 cm³/mol. The van der Waals surface area contributed by atoms with E-state index >= 15 is 0 Å². The van der Waals surface area contributed by atoms with Crippen molar-refractivity contribution >= 4 is 35.0 Å². The molecule has 0 aliphatic heterocycles. The molecule has 5 nitrogen and oxygen atoms in total. The molecule has 2 amide bonds. The van der Waals surface area contributed by atoms with Crippen molar-refractivity contribution in [3.05, 3.63) is 99.0 Å². The Labute approximate surface area is 229 Å². The van der Waals surface area contributed by atoms with Gasteiger partial charge in [0.1, 0.15) is 11.8 Å². The number of ether oxygens (including phenoxy) is 1. The molecule has 0 spiro atoms. The Morgan fingerprint density at radius 2 is 1.59 bits per heavy atom. The van der Waals surface area contributed by atoms with Crippen molar-refractivity contribution in [2.24, 2.45) is 0 Å². The zero-order valence-electron chi connectivity index (χ0n) is 21.8. The van der Waals surface area contributed by atoms with Gasteiger partial charge in [0.25, 0.3) is 5.91 Å². The van der Waals surface area contributed by atoms with Crippen molar-refractivity contribution in [3.63, 3.8) is 0 Å². The summed E-state index contributed by atoms with van der Waals surface area (Å²) in [4.78, 5) is 28.9. The van der Waals surface area contributed by atoms with Gasteiger partial charge in [-0.3, -0.25) is 9.59 Å². The summed E-state index contributed by atoms with van der Waals surface area (Å²) < 4.78 is 5.95. The maximum atomic E-state index is 13.8. The molecule has 196 valence electrons. The first-order valence-corrected chi connectivity index (χ1v) is 13.2. The van der Waals surface area contributed by atoms with Crippen LogP contribution in [-0.4, -0.2) is 35.4 Å². The van der Waals surface area contributed by atoms with Crippen LogP contribution < -0.4 is 10.1 Å². The van der Waals surface area contributed by atoms with Crippen LogP contribution in [0.25, 0.3) is 0 Å². The van der Waals surface area contributed by atoms with Crippen LogP contribution in [0, 0.1) is 13.8 Å².